The number of carbonyl (C=O) groups is 1. The minimum atomic E-state index is 0.361. The highest BCUT2D eigenvalue weighted by Gasteiger charge is 2.43. The van der Waals surface area contributed by atoms with Gasteiger partial charge in [0.05, 0.1) is 0 Å². The summed E-state index contributed by atoms with van der Waals surface area (Å²) >= 11 is 0. The Bertz CT molecular complexity index is 295. The SMILES string of the molecule is CC1(CNC(=O)C2CC3CCC2C3)CCC1. The van der Waals surface area contributed by atoms with Gasteiger partial charge in [0.25, 0.3) is 0 Å². The molecule has 0 heterocycles. The van der Waals surface area contributed by atoms with Gasteiger partial charge in [-0.3, -0.25) is 4.79 Å². The van der Waals surface area contributed by atoms with Crippen LogP contribution < -0.4 is 5.32 Å². The third-order valence-electron chi connectivity index (χ3n) is 5.32. The van der Waals surface area contributed by atoms with Gasteiger partial charge in [0.15, 0.2) is 0 Å². The van der Waals surface area contributed by atoms with Crippen LogP contribution in [0.25, 0.3) is 0 Å². The Hall–Kier alpha value is -0.530. The predicted octanol–water partition coefficient (Wildman–Crippen LogP) is 2.73. The highest BCUT2D eigenvalue weighted by molar-refractivity contribution is 5.79. The van der Waals surface area contributed by atoms with Crippen LogP contribution in [-0.2, 0) is 4.79 Å². The predicted molar refractivity (Wildman–Crippen MR) is 63.9 cm³/mol. The van der Waals surface area contributed by atoms with Gasteiger partial charge in [-0.1, -0.05) is 19.8 Å². The monoisotopic (exact) mass is 221 g/mol. The fourth-order valence-corrected chi connectivity index (χ4v) is 3.95. The number of fused-ring (bicyclic) bond motifs is 2. The molecule has 0 aromatic rings. The summed E-state index contributed by atoms with van der Waals surface area (Å²) in [6.07, 6.45) is 9.13. The van der Waals surface area contributed by atoms with Crippen LogP contribution in [0.15, 0.2) is 0 Å². The molecule has 0 radical (unpaired) electrons. The van der Waals surface area contributed by atoms with Gasteiger partial charge < -0.3 is 5.32 Å². The van der Waals surface area contributed by atoms with E-state index in [-0.39, 0.29) is 0 Å². The molecule has 3 aliphatic rings. The van der Waals surface area contributed by atoms with E-state index < -0.39 is 0 Å². The summed E-state index contributed by atoms with van der Waals surface area (Å²) < 4.78 is 0. The topological polar surface area (TPSA) is 29.1 Å². The lowest BCUT2D eigenvalue weighted by molar-refractivity contribution is -0.127. The molecule has 0 aromatic carbocycles. The van der Waals surface area contributed by atoms with Gasteiger partial charge in [0.1, 0.15) is 0 Å². The van der Waals surface area contributed by atoms with Crippen molar-refractivity contribution >= 4 is 5.91 Å². The van der Waals surface area contributed by atoms with Crippen LogP contribution >= 0.6 is 0 Å². The van der Waals surface area contributed by atoms with Gasteiger partial charge in [-0.05, 0) is 49.4 Å². The molecule has 2 heteroatoms. The zero-order valence-corrected chi connectivity index (χ0v) is 10.3. The van der Waals surface area contributed by atoms with Gasteiger partial charge in [-0.25, -0.2) is 0 Å². The molecule has 0 aromatic heterocycles. The van der Waals surface area contributed by atoms with Crippen LogP contribution in [0.1, 0.15) is 51.9 Å². The van der Waals surface area contributed by atoms with E-state index in [1.165, 1.54) is 44.9 Å². The van der Waals surface area contributed by atoms with Crippen molar-refractivity contribution in [1.29, 1.82) is 0 Å². The van der Waals surface area contributed by atoms with Crippen molar-refractivity contribution in [1.82, 2.24) is 5.32 Å². The Morgan fingerprint density at radius 3 is 2.62 bits per heavy atom. The molecule has 0 aliphatic heterocycles. The average molecular weight is 221 g/mol. The Morgan fingerprint density at radius 1 is 1.31 bits per heavy atom. The Labute approximate surface area is 98.2 Å². The first kappa shape index (κ1) is 10.6. The second-order valence-electron chi connectivity index (χ2n) is 6.66. The second-order valence-corrected chi connectivity index (χ2v) is 6.66. The molecule has 3 rings (SSSR count). The molecule has 1 amide bonds. The van der Waals surface area contributed by atoms with Gasteiger partial charge in [-0.2, -0.15) is 0 Å². The molecule has 3 saturated carbocycles. The van der Waals surface area contributed by atoms with Crippen LogP contribution in [0.2, 0.25) is 0 Å². The summed E-state index contributed by atoms with van der Waals surface area (Å²) in [5.74, 6) is 2.32. The maximum atomic E-state index is 12.1. The van der Waals surface area contributed by atoms with Gasteiger partial charge in [0, 0.05) is 12.5 Å². The van der Waals surface area contributed by atoms with Gasteiger partial charge in [0.2, 0.25) is 5.91 Å². The number of nitrogens with one attached hydrogen (secondary N) is 1. The zero-order valence-electron chi connectivity index (χ0n) is 10.3. The Kier molecular flexibility index (Phi) is 2.49. The molecule has 16 heavy (non-hydrogen) atoms. The molecule has 3 atom stereocenters. The van der Waals surface area contributed by atoms with E-state index >= 15 is 0 Å². The van der Waals surface area contributed by atoms with Crippen LogP contribution in [-0.4, -0.2) is 12.5 Å². The molecule has 2 nitrogen and oxygen atoms in total. The van der Waals surface area contributed by atoms with Gasteiger partial charge in [-0.15, -0.1) is 0 Å². The summed E-state index contributed by atoms with van der Waals surface area (Å²) in [6.45, 7) is 3.22. The molecule has 3 unspecified atom stereocenters. The van der Waals surface area contributed by atoms with Gasteiger partial charge >= 0.3 is 0 Å². The molecule has 0 spiro atoms. The quantitative estimate of drug-likeness (QED) is 0.780. The molecule has 3 fully saturated rings. The van der Waals surface area contributed by atoms with Crippen molar-refractivity contribution in [2.24, 2.45) is 23.2 Å². The van der Waals surface area contributed by atoms with E-state index in [1.54, 1.807) is 0 Å². The van der Waals surface area contributed by atoms with Crippen molar-refractivity contribution in [3.05, 3.63) is 0 Å². The Morgan fingerprint density at radius 2 is 2.12 bits per heavy atom. The summed E-state index contributed by atoms with van der Waals surface area (Å²) in [6, 6.07) is 0. The number of hydrogen-bond donors (Lipinski definition) is 1. The number of rotatable bonds is 3. The number of hydrogen-bond acceptors (Lipinski definition) is 1. The van der Waals surface area contributed by atoms with Crippen molar-refractivity contribution in [2.75, 3.05) is 6.54 Å². The maximum absolute atomic E-state index is 12.1. The maximum Gasteiger partial charge on any atom is 0.223 e. The van der Waals surface area contributed by atoms with Crippen LogP contribution in [0, 0.1) is 23.2 Å². The third-order valence-corrected chi connectivity index (χ3v) is 5.32. The fourth-order valence-electron chi connectivity index (χ4n) is 3.95. The lowest BCUT2D eigenvalue weighted by atomic mass is 9.70. The van der Waals surface area contributed by atoms with E-state index in [0.29, 0.717) is 17.2 Å². The smallest absolute Gasteiger partial charge is 0.223 e. The van der Waals surface area contributed by atoms with E-state index in [9.17, 15) is 4.79 Å². The van der Waals surface area contributed by atoms with Crippen molar-refractivity contribution in [2.45, 2.75) is 51.9 Å². The summed E-state index contributed by atoms with van der Waals surface area (Å²) in [5, 5.41) is 3.21. The van der Waals surface area contributed by atoms with E-state index in [2.05, 4.69) is 12.2 Å². The van der Waals surface area contributed by atoms with Crippen LogP contribution in [0.5, 0.6) is 0 Å². The standard InChI is InChI=1S/C14H23NO/c1-14(5-2-6-14)9-15-13(16)12-8-10-3-4-11(12)7-10/h10-12H,2-9H2,1H3,(H,15,16). The molecule has 1 N–H and O–H groups in total. The van der Waals surface area contributed by atoms with E-state index in [1.807, 2.05) is 0 Å². The molecule has 0 saturated heterocycles. The minimum Gasteiger partial charge on any atom is -0.355 e. The van der Waals surface area contributed by atoms with Crippen molar-refractivity contribution in [3.63, 3.8) is 0 Å². The van der Waals surface area contributed by atoms with E-state index in [0.717, 1.165) is 18.4 Å². The molecule has 2 bridgehead atoms. The first-order chi connectivity index (χ1) is 7.66. The third kappa shape index (κ3) is 1.76. The first-order valence-corrected chi connectivity index (χ1v) is 6.94. The molecule has 3 aliphatic carbocycles. The molecular weight excluding hydrogens is 198 g/mol. The highest BCUT2D eigenvalue weighted by Crippen LogP contribution is 2.48. The second kappa shape index (κ2) is 3.75. The molecule has 90 valence electrons. The summed E-state index contributed by atoms with van der Waals surface area (Å²) in [7, 11) is 0. The number of amides is 1. The highest BCUT2D eigenvalue weighted by atomic mass is 16.1. The van der Waals surface area contributed by atoms with Crippen molar-refractivity contribution in [3.8, 4) is 0 Å². The fraction of sp³-hybridized carbons (Fsp3) is 0.929. The summed E-state index contributed by atoms with van der Waals surface area (Å²) in [4.78, 5) is 12.1. The van der Waals surface area contributed by atoms with Crippen LogP contribution in [0.4, 0.5) is 0 Å². The first-order valence-electron chi connectivity index (χ1n) is 6.94. The average Bonchev–Trinajstić information content (AvgIpc) is 2.84. The zero-order chi connectivity index (χ0) is 11.2. The lowest BCUT2D eigenvalue weighted by Crippen LogP contribution is -2.43. The lowest BCUT2D eigenvalue weighted by Gasteiger charge is -2.38. The van der Waals surface area contributed by atoms with Crippen molar-refractivity contribution < 1.29 is 4.79 Å². The molecular formula is C14H23NO. The largest absolute Gasteiger partial charge is 0.355 e. The van der Waals surface area contributed by atoms with Crippen LogP contribution in [0.3, 0.4) is 0 Å². The number of carbonyl (C=O) groups excluding carboxylic acids is 1. The minimum absolute atomic E-state index is 0.361. The Balaban J connectivity index is 1.50. The summed E-state index contributed by atoms with van der Waals surface area (Å²) in [5.41, 5.74) is 0.424. The normalized spacial score (nSPS) is 39.4. The van der Waals surface area contributed by atoms with E-state index in [4.69, 9.17) is 0 Å².